The largest absolute Gasteiger partial charge is 0.352 e. The van der Waals surface area contributed by atoms with Crippen LogP contribution in [0.15, 0.2) is 35.5 Å². The van der Waals surface area contributed by atoms with Crippen LogP contribution in [-0.4, -0.2) is 5.11 Å². The molecule has 2 aliphatic rings. The Kier molecular flexibility index (Phi) is 3.04. The maximum absolute atomic E-state index is 13.0. The third kappa shape index (κ3) is 2.12. The van der Waals surface area contributed by atoms with E-state index in [2.05, 4.69) is 10.6 Å². The van der Waals surface area contributed by atoms with Crippen LogP contribution in [0.1, 0.15) is 37.3 Å². The lowest BCUT2D eigenvalue weighted by molar-refractivity contribution is 0.559. The molecular weight excluding hydrogens is 247 g/mol. The fourth-order valence-corrected chi connectivity index (χ4v) is 2.96. The lowest BCUT2D eigenvalue weighted by Gasteiger charge is -2.34. The van der Waals surface area contributed by atoms with Gasteiger partial charge in [0, 0.05) is 5.70 Å². The third-order valence-electron chi connectivity index (χ3n) is 3.60. The second-order valence-corrected chi connectivity index (χ2v) is 5.20. The fraction of sp³-hybridized carbons (Fsp3) is 0.357. The molecule has 1 aliphatic carbocycles. The molecule has 0 saturated carbocycles. The molecule has 1 heterocycles. The Labute approximate surface area is 111 Å². The van der Waals surface area contributed by atoms with Gasteiger partial charge in [0.05, 0.1) is 6.04 Å². The van der Waals surface area contributed by atoms with E-state index in [4.69, 9.17) is 12.2 Å². The Bertz CT molecular complexity index is 507. The summed E-state index contributed by atoms with van der Waals surface area (Å²) in [6.45, 7) is 0. The third-order valence-corrected chi connectivity index (χ3v) is 3.82. The minimum Gasteiger partial charge on any atom is -0.352 e. The zero-order valence-corrected chi connectivity index (χ0v) is 10.8. The Morgan fingerprint density at radius 1 is 1.11 bits per heavy atom. The van der Waals surface area contributed by atoms with E-state index in [1.165, 1.54) is 36.2 Å². The molecule has 0 radical (unpaired) electrons. The van der Waals surface area contributed by atoms with Crippen molar-refractivity contribution in [2.75, 3.05) is 0 Å². The van der Waals surface area contributed by atoms with Crippen molar-refractivity contribution in [3.05, 3.63) is 46.9 Å². The second-order valence-electron chi connectivity index (χ2n) is 4.79. The fourth-order valence-electron chi connectivity index (χ4n) is 2.72. The number of benzene rings is 1. The summed E-state index contributed by atoms with van der Waals surface area (Å²) in [5, 5.41) is 7.22. The predicted octanol–water partition coefficient (Wildman–Crippen LogP) is 3.17. The molecule has 0 spiro atoms. The highest BCUT2D eigenvalue weighted by molar-refractivity contribution is 7.80. The molecule has 0 fully saturated rings. The number of hydrogen-bond donors (Lipinski definition) is 2. The van der Waals surface area contributed by atoms with Gasteiger partial charge in [-0.2, -0.15) is 0 Å². The molecule has 1 unspecified atom stereocenters. The molecule has 3 rings (SSSR count). The van der Waals surface area contributed by atoms with Crippen molar-refractivity contribution in [1.82, 2.24) is 10.6 Å². The number of hydrogen-bond acceptors (Lipinski definition) is 1. The van der Waals surface area contributed by atoms with Gasteiger partial charge in [0.15, 0.2) is 5.11 Å². The molecule has 4 heteroatoms. The summed E-state index contributed by atoms with van der Waals surface area (Å²) in [6, 6.07) is 6.78. The van der Waals surface area contributed by atoms with Gasteiger partial charge in [0.25, 0.3) is 0 Å². The first-order chi connectivity index (χ1) is 8.74. The summed E-state index contributed by atoms with van der Waals surface area (Å²) < 4.78 is 13.0. The maximum Gasteiger partial charge on any atom is 0.171 e. The van der Waals surface area contributed by atoms with Crippen LogP contribution in [0.3, 0.4) is 0 Å². The summed E-state index contributed by atoms with van der Waals surface area (Å²) in [5.41, 5.74) is 3.72. The van der Waals surface area contributed by atoms with Crippen LogP contribution in [0.25, 0.3) is 0 Å². The van der Waals surface area contributed by atoms with Crippen molar-refractivity contribution in [3.8, 4) is 0 Å². The zero-order chi connectivity index (χ0) is 12.5. The van der Waals surface area contributed by atoms with Crippen LogP contribution in [0.2, 0.25) is 0 Å². The van der Waals surface area contributed by atoms with Crippen molar-refractivity contribution < 1.29 is 4.39 Å². The number of nitrogens with one attached hydrogen (secondary N) is 2. The van der Waals surface area contributed by atoms with Gasteiger partial charge in [-0.1, -0.05) is 12.1 Å². The lowest BCUT2D eigenvalue weighted by Crippen LogP contribution is -2.44. The molecule has 1 aromatic rings. The van der Waals surface area contributed by atoms with Crippen LogP contribution >= 0.6 is 12.2 Å². The van der Waals surface area contributed by atoms with Gasteiger partial charge in [0.2, 0.25) is 0 Å². The molecule has 1 aliphatic heterocycles. The number of rotatable bonds is 1. The Balaban J connectivity index is 1.98. The van der Waals surface area contributed by atoms with E-state index in [0.29, 0.717) is 5.11 Å². The predicted molar refractivity (Wildman–Crippen MR) is 73.5 cm³/mol. The van der Waals surface area contributed by atoms with Gasteiger partial charge >= 0.3 is 0 Å². The van der Waals surface area contributed by atoms with E-state index in [-0.39, 0.29) is 11.9 Å². The Morgan fingerprint density at radius 2 is 1.83 bits per heavy atom. The summed E-state index contributed by atoms with van der Waals surface area (Å²) in [6.07, 6.45) is 4.58. The minimum absolute atomic E-state index is 0.106. The minimum atomic E-state index is -0.201. The molecule has 1 aromatic carbocycles. The molecule has 94 valence electrons. The van der Waals surface area contributed by atoms with Gasteiger partial charge in [-0.15, -0.1) is 0 Å². The highest BCUT2D eigenvalue weighted by atomic mass is 32.1. The van der Waals surface area contributed by atoms with E-state index >= 15 is 0 Å². The van der Waals surface area contributed by atoms with Crippen molar-refractivity contribution in [2.24, 2.45) is 0 Å². The van der Waals surface area contributed by atoms with Crippen LogP contribution < -0.4 is 10.6 Å². The van der Waals surface area contributed by atoms with Crippen molar-refractivity contribution in [3.63, 3.8) is 0 Å². The molecular formula is C14H15FN2S. The highest BCUT2D eigenvalue weighted by Crippen LogP contribution is 2.35. The van der Waals surface area contributed by atoms with Gasteiger partial charge in [-0.25, -0.2) is 4.39 Å². The first-order valence-electron chi connectivity index (χ1n) is 6.29. The lowest BCUT2D eigenvalue weighted by atomic mass is 9.86. The van der Waals surface area contributed by atoms with Crippen LogP contribution in [-0.2, 0) is 0 Å². The van der Waals surface area contributed by atoms with E-state index in [9.17, 15) is 4.39 Å². The molecule has 0 bridgehead atoms. The average Bonchev–Trinajstić information content (AvgIpc) is 2.38. The van der Waals surface area contributed by atoms with Gasteiger partial charge in [0.1, 0.15) is 5.82 Å². The second kappa shape index (κ2) is 4.69. The van der Waals surface area contributed by atoms with Crippen molar-refractivity contribution in [1.29, 1.82) is 0 Å². The topological polar surface area (TPSA) is 24.1 Å². The normalized spacial score (nSPS) is 23.2. The molecule has 2 N–H and O–H groups in total. The van der Waals surface area contributed by atoms with E-state index in [1.54, 1.807) is 0 Å². The van der Waals surface area contributed by atoms with E-state index in [0.717, 1.165) is 18.4 Å². The standard InChI is InChI=1S/C14H15FN2S/c15-10-7-5-9(6-8-10)13-11-3-1-2-4-12(11)16-14(18)17-13/h5-8,13H,1-4H2,(H2,16,17,18). The molecule has 2 nitrogen and oxygen atoms in total. The highest BCUT2D eigenvalue weighted by Gasteiger charge is 2.27. The quantitative estimate of drug-likeness (QED) is 0.760. The first kappa shape index (κ1) is 11.7. The summed E-state index contributed by atoms with van der Waals surface area (Å²) in [7, 11) is 0. The Morgan fingerprint density at radius 3 is 2.61 bits per heavy atom. The molecule has 0 saturated heterocycles. The van der Waals surface area contributed by atoms with Gasteiger partial charge in [-0.05, 0) is 61.2 Å². The SMILES string of the molecule is Fc1ccc(C2NC(=S)NC3=C2CCCC3)cc1. The smallest absolute Gasteiger partial charge is 0.171 e. The number of thiocarbonyl (C=S) groups is 1. The van der Waals surface area contributed by atoms with Crippen LogP contribution in [0, 0.1) is 5.82 Å². The summed E-state index contributed by atoms with van der Waals surface area (Å²) in [4.78, 5) is 0. The molecule has 0 amide bonds. The summed E-state index contributed by atoms with van der Waals surface area (Å²) >= 11 is 5.25. The number of allylic oxidation sites excluding steroid dienone is 1. The van der Waals surface area contributed by atoms with Gasteiger partial charge in [-0.3, -0.25) is 0 Å². The maximum atomic E-state index is 13.0. The van der Waals surface area contributed by atoms with Crippen molar-refractivity contribution in [2.45, 2.75) is 31.7 Å². The first-order valence-corrected chi connectivity index (χ1v) is 6.70. The zero-order valence-electron chi connectivity index (χ0n) is 10.0. The van der Waals surface area contributed by atoms with E-state index in [1.807, 2.05) is 12.1 Å². The van der Waals surface area contributed by atoms with E-state index < -0.39 is 0 Å². The molecule has 1 atom stereocenters. The average molecular weight is 262 g/mol. The van der Waals surface area contributed by atoms with Crippen molar-refractivity contribution >= 4 is 17.3 Å². The summed E-state index contributed by atoms with van der Waals surface area (Å²) in [5.74, 6) is -0.201. The van der Waals surface area contributed by atoms with Crippen LogP contribution in [0.5, 0.6) is 0 Å². The van der Waals surface area contributed by atoms with Crippen LogP contribution in [0.4, 0.5) is 4.39 Å². The monoisotopic (exact) mass is 262 g/mol. The molecule has 0 aromatic heterocycles. The van der Waals surface area contributed by atoms with Gasteiger partial charge < -0.3 is 10.6 Å². The Hall–Kier alpha value is -1.42. The molecule has 18 heavy (non-hydrogen) atoms. The number of halogens is 1.